The van der Waals surface area contributed by atoms with Crippen molar-refractivity contribution in [3.05, 3.63) is 53.6 Å². The lowest BCUT2D eigenvalue weighted by molar-refractivity contribution is -0.117. The Morgan fingerprint density at radius 1 is 1.00 bits per heavy atom. The van der Waals surface area contributed by atoms with Gasteiger partial charge in [0.05, 0.1) is 0 Å². The number of Topliss-reactive ketones (excluding diaryl/α,β-unsaturated/α-hetero) is 1. The number of carbonyl (C=O) groups excluding carboxylic acids is 2. The Morgan fingerprint density at radius 3 is 2.37 bits per heavy atom. The third-order valence-corrected chi connectivity index (χ3v) is 4.85. The summed E-state index contributed by atoms with van der Waals surface area (Å²) in [6.45, 7) is 0. The van der Waals surface area contributed by atoms with E-state index in [9.17, 15) is 9.59 Å². The molecule has 0 unspecified atom stereocenters. The second-order valence-corrected chi connectivity index (χ2v) is 5.68. The van der Waals surface area contributed by atoms with Crippen molar-refractivity contribution < 1.29 is 9.59 Å². The minimum Gasteiger partial charge on any atom is -0.298 e. The maximum Gasteiger partial charge on any atom is 0.168 e. The molecule has 0 heterocycles. The minimum atomic E-state index is 0.0189. The predicted molar refractivity (Wildman–Crippen MR) is 72.2 cm³/mol. The monoisotopic (exact) mass is 250 g/mol. The fraction of sp³-hybridized carbons (Fsp3) is 0.294. The molecule has 3 aliphatic rings. The van der Waals surface area contributed by atoms with Crippen molar-refractivity contribution in [2.24, 2.45) is 23.7 Å². The molecule has 4 atom stereocenters. The van der Waals surface area contributed by atoms with Crippen LogP contribution in [0.2, 0.25) is 0 Å². The number of allylic oxidation sites excluding steroid dienone is 4. The van der Waals surface area contributed by atoms with Crippen LogP contribution in [0, 0.1) is 23.7 Å². The van der Waals surface area contributed by atoms with Gasteiger partial charge in [-0.15, -0.1) is 0 Å². The van der Waals surface area contributed by atoms with Gasteiger partial charge in [0.2, 0.25) is 0 Å². The first kappa shape index (κ1) is 10.9. The summed E-state index contributed by atoms with van der Waals surface area (Å²) >= 11 is 0. The Bertz CT molecular complexity index is 624. The van der Waals surface area contributed by atoms with Crippen LogP contribution >= 0.6 is 0 Å². The summed E-state index contributed by atoms with van der Waals surface area (Å²) < 4.78 is 0. The largest absolute Gasteiger partial charge is 0.298 e. The summed E-state index contributed by atoms with van der Waals surface area (Å²) in [5, 5.41) is 0. The molecule has 3 aliphatic carbocycles. The van der Waals surface area contributed by atoms with Gasteiger partial charge in [0.1, 0.15) is 6.29 Å². The van der Waals surface area contributed by atoms with E-state index in [4.69, 9.17) is 0 Å². The molecular formula is C17H14O2. The zero-order valence-corrected chi connectivity index (χ0v) is 10.5. The highest BCUT2D eigenvalue weighted by molar-refractivity contribution is 6.29. The Balaban J connectivity index is 1.88. The van der Waals surface area contributed by atoms with Gasteiger partial charge in [0.15, 0.2) is 5.78 Å². The van der Waals surface area contributed by atoms with Crippen LogP contribution in [0.15, 0.2) is 48.1 Å². The molecular weight excluding hydrogens is 236 g/mol. The second-order valence-electron chi connectivity index (χ2n) is 5.68. The number of fused-ring (bicyclic) bond motifs is 5. The van der Waals surface area contributed by atoms with Crippen LogP contribution in [0.5, 0.6) is 0 Å². The molecule has 1 aromatic rings. The van der Waals surface area contributed by atoms with E-state index < -0.39 is 0 Å². The number of hydrogen-bond acceptors (Lipinski definition) is 2. The van der Waals surface area contributed by atoms with Crippen molar-refractivity contribution in [1.29, 1.82) is 0 Å². The number of hydrogen-bond donors (Lipinski definition) is 0. The lowest BCUT2D eigenvalue weighted by Crippen LogP contribution is -2.22. The maximum atomic E-state index is 12.7. The van der Waals surface area contributed by atoms with Gasteiger partial charge < -0.3 is 0 Å². The number of aldehydes is 1. The van der Waals surface area contributed by atoms with Gasteiger partial charge >= 0.3 is 0 Å². The molecule has 0 radical (unpaired) electrons. The van der Waals surface area contributed by atoms with E-state index >= 15 is 0 Å². The number of carbonyl (C=O) groups is 2. The molecule has 1 aromatic carbocycles. The highest BCUT2D eigenvalue weighted by atomic mass is 16.1. The highest BCUT2D eigenvalue weighted by Crippen LogP contribution is 2.57. The topological polar surface area (TPSA) is 34.1 Å². The van der Waals surface area contributed by atoms with E-state index in [0.717, 1.165) is 23.8 Å². The van der Waals surface area contributed by atoms with Gasteiger partial charge in [-0.1, -0.05) is 42.5 Å². The molecule has 2 bridgehead atoms. The number of rotatable bonds is 2. The fourth-order valence-electron chi connectivity index (χ4n) is 4.13. The molecule has 0 saturated heterocycles. The van der Waals surface area contributed by atoms with Crippen molar-refractivity contribution in [2.75, 3.05) is 0 Å². The van der Waals surface area contributed by atoms with Gasteiger partial charge in [0.25, 0.3) is 0 Å². The molecule has 94 valence electrons. The average molecular weight is 250 g/mol. The second kappa shape index (κ2) is 3.77. The normalized spacial score (nSPS) is 35.1. The first-order chi connectivity index (χ1) is 9.31. The van der Waals surface area contributed by atoms with Gasteiger partial charge in [-0.05, 0) is 23.8 Å². The smallest absolute Gasteiger partial charge is 0.168 e. The van der Waals surface area contributed by atoms with E-state index in [1.165, 1.54) is 0 Å². The van der Waals surface area contributed by atoms with E-state index in [1.54, 1.807) is 0 Å². The molecule has 0 aromatic heterocycles. The lowest BCUT2D eigenvalue weighted by Gasteiger charge is -2.19. The highest BCUT2D eigenvalue weighted by Gasteiger charge is 2.54. The van der Waals surface area contributed by atoms with Crippen LogP contribution < -0.4 is 0 Å². The fourth-order valence-corrected chi connectivity index (χ4v) is 4.13. The predicted octanol–water partition coefficient (Wildman–Crippen LogP) is 2.66. The first-order valence-corrected chi connectivity index (χ1v) is 6.78. The zero-order chi connectivity index (χ0) is 13.0. The summed E-state index contributed by atoms with van der Waals surface area (Å²) in [4.78, 5) is 24.2. The summed E-state index contributed by atoms with van der Waals surface area (Å²) in [5.74, 6) is 1.06. The van der Waals surface area contributed by atoms with Crippen molar-refractivity contribution in [2.45, 2.75) is 6.42 Å². The molecule has 4 rings (SSSR count). The zero-order valence-electron chi connectivity index (χ0n) is 10.5. The van der Waals surface area contributed by atoms with Crippen LogP contribution in [0.3, 0.4) is 0 Å². The first-order valence-electron chi connectivity index (χ1n) is 6.78. The van der Waals surface area contributed by atoms with Crippen LogP contribution in [0.4, 0.5) is 0 Å². The van der Waals surface area contributed by atoms with E-state index in [1.807, 2.05) is 30.3 Å². The van der Waals surface area contributed by atoms with Crippen molar-refractivity contribution >= 4 is 17.6 Å². The minimum absolute atomic E-state index is 0.0189. The Kier molecular flexibility index (Phi) is 2.16. The van der Waals surface area contributed by atoms with E-state index in [2.05, 4.69) is 12.2 Å². The molecule has 0 spiro atoms. The van der Waals surface area contributed by atoms with E-state index in [-0.39, 0.29) is 17.6 Å². The third-order valence-electron chi connectivity index (χ3n) is 4.85. The molecule has 0 amide bonds. The summed E-state index contributed by atoms with van der Waals surface area (Å²) in [5.41, 5.74) is 2.30. The van der Waals surface area contributed by atoms with Gasteiger partial charge in [0, 0.05) is 23.0 Å². The standard InChI is InChI=1S/C17H14O2/c18-9-13-14-11-6-7-12(8-11)16(14)17(19)15(13)10-4-2-1-3-5-10/h1-7,9,11-12,14,16H,8H2/t11-,12+,14-,16-/m1/s1. The summed E-state index contributed by atoms with van der Waals surface area (Å²) in [7, 11) is 0. The number of ketones is 1. The van der Waals surface area contributed by atoms with Crippen molar-refractivity contribution in [3.63, 3.8) is 0 Å². The van der Waals surface area contributed by atoms with Crippen LogP contribution in [-0.4, -0.2) is 12.1 Å². The van der Waals surface area contributed by atoms with Crippen LogP contribution in [0.1, 0.15) is 12.0 Å². The molecule has 1 fully saturated rings. The third kappa shape index (κ3) is 1.31. The average Bonchev–Trinajstić information content (AvgIpc) is 3.11. The van der Waals surface area contributed by atoms with Crippen LogP contribution in [0.25, 0.3) is 5.57 Å². The molecule has 0 aliphatic heterocycles. The van der Waals surface area contributed by atoms with Gasteiger partial charge in [-0.25, -0.2) is 0 Å². The Hall–Kier alpha value is -1.96. The summed E-state index contributed by atoms with van der Waals surface area (Å²) in [6.07, 6.45) is 6.32. The molecule has 19 heavy (non-hydrogen) atoms. The SMILES string of the molecule is O=CC1=C(c2ccccc2)C(=O)[C@H]2[C@@H]1[C@@H]1C=C[C@H]2C1. The molecule has 2 nitrogen and oxygen atoms in total. The van der Waals surface area contributed by atoms with Crippen molar-refractivity contribution in [1.82, 2.24) is 0 Å². The maximum absolute atomic E-state index is 12.7. The Morgan fingerprint density at radius 2 is 1.68 bits per heavy atom. The molecule has 0 N–H and O–H groups in total. The van der Waals surface area contributed by atoms with Gasteiger partial charge in [-0.2, -0.15) is 0 Å². The van der Waals surface area contributed by atoms with Gasteiger partial charge in [-0.3, -0.25) is 9.59 Å². The molecule has 1 saturated carbocycles. The van der Waals surface area contributed by atoms with Crippen LogP contribution in [-0.2, 0) is 9.59 Å². The number of benzene rings is 1. The summed E-state index contributed by atoms with van der Waals surface area (Å²) in [6, 6.07) is 9.61. The lowest BCUT2D eigenvalue weighted by atomic mass is 9.82. The Labute approximate surface area is 111 Å². The van der Waals surface area contributed by atoms with E-state index in [0.29, 0.717) is 17.4 Å². The molecule has 2 heteroatoms. The quantitative estimate of drug-likeness (QED) is 0.597. The van der Waals surface area contributed by atoms with Crippen molar-refractivity contribution in [3.8, 4) is 0 Å².